The molecule has 2 aromatic rings. The number of hydrogen-bond donors (Lipinski definition) is 2. The first kappa shape index (κ1) is 20.1. The van der Waals surface area contributed by atoms with Crippen molar-refractivity contribution < 1.29 is 9.84 Å². The molecule has 3 rings (SSSR count). The lowest BCUT2D eigenvalue weighted by atomic mass is 9.72. The molecule has 2 aromatic carbocycles. The minimum atomic E-state index is -0.819. The molecular formula is C24H33NO2. The summed E-state index contributed by atoms with van der Waals surface area (Å²) in [4.78, 5) is 0. The Hall–Kier alpha value is -1.68. The standard InChI is InChI=1S/C24H33NO2/c1-19-10-3-4-12-21(19)22-13-5-6-14-23(22)24(26,15-7-8-17-27-2)20-11-9-16-25-18-20/h3-6,10,12-14,20,25-26H,7-9,11,15-18H2,1-2H3/t20?,24-/m0/s1. The Morgan fingerprint density at radius 2 is 1.81 bits per heavy atom. The second kappa shape index (κ2) is 9.50. The van der Waals surface area contributed by atoms with Gasteiger partial charge in [-0.3, -0.25) is 0 Å². The summed E-state index contributed by atoms with van der Waals surface area (Å²) >= 11 is 0. The number of methoxy groups -OCH3 is 1. The zero-order chi connectivity index (χ0) is 19.1. The van der Waals surface area contributed by atoms with Crippen LogP contribution < -0.4 is 5.32 Å². The van der Waals surface area contributed by atoms with Crippen LogP contribution in [0.4, 0.5) is 0 Å². The van der Waals surface area contributed by atoms with Gasteiger partial charge in [-0.15, -0.1) is 0 Å². The number of aliphatic hydroxyl groups is 1. The van der Waals surface area contributed by atoms with E-state index in [-0.39, 0.29) is 5.92 Å². The fourth-order valence-corrected chi connectivity index (χ4v) is 4.43. The molecule has 0 amide bonds. The average Bonchev–Trinajstić information content (AvgIpc) is 2.72. The van der Waals surface area contributed by atoms with Crippen molar-refractivity contribution in [1.82, 2.24) is 5.32 Å². The Balaban J connectivity index is 2.00. The number of rotatable bonds is 8. The van der Waals surface area contributed by atoms with Gasteiger partial charge in [-0.2, -0.15) is 0 Å². The van der Waals surface area contributed by atoms with Gasteiger partial charge in [-0.1, -0.05) is 48.5 Å². The summed E-state index contributed by atoms with van der Waals surface area (Å²) < 4.78 is 5.22. The van der Waals surface area contributed by atoms with Gasteiger partial charge in [0.1, 0.15) is 0 Å². The number of piperidine rings is 1. The molecule has 1 aliphatic rings. The zero-order valence-corrected chi connectivity index (χ0v) is 16.7. The van der Waals surface area contributed by atoms with Crippen molar-refractivity contribution in [3.63, 3.8) is 0 Å². The molecule has 3 heteroatoms. The Morgan fingerprint density at radius 3 is 2.52 bits per heavy atom. The van der Waals surface area contributed by atoms with E-state index in [1.165, 1.54) is 11.1 Å². The average molecular weight is 368 g/mol. The number of hydrogen-bond acceptors (Lipinski definition) is 3. The highest BCUT2D eigenvalue weighted by molar-refractivity contribution is 5.71. The van der Waals surface area contributed by atoms with Crippen molar-refractivity contribution in [2.45, 2.75) is 44.6 Å². The maximum absolute atomic E-state index is 12.1. The second-order valence-corrected chi connectivity index (χ2v) is 7.78. The smallest absolute Gasteiger partial charge is 0.0942 e. The van der Waals surface area contributed by atoms with E-state index in [9.17, 15) is 5.11 Å². The highest BCUT2D eigenvalue weighted by atomic mass is 16.5. The molecule has 0 spiro atoms. The van der Waals surface area contributed by atoms with E-state index in [0.29, 0.717) is 0 Å². The molecule has 3 nitrogen and oxygen atoms in total. The van der Waals surface area contributed by atoms with Gasteiger partial charge in [-0.05, 0) is 67.8 Å². The molecule has 27 heavy (non-hydrogen) atoms. The molecule has 1 unspecified atom stereocenters. The molecule has 146 valence electrons. The summed E-state index contributed by atoms with van der Waals surface area (Å²) in [6.45, 7) is 4.82. The molecule has 2 atom stereocenters. The molecular weight excluding hydrogens is 334 g/mol. The summed E-state index contributed by atoms with van der Waals surface area (Å²) in [7, 11) is 1.74. The first-order valence-electron chi connectivity index (χ1n) is 10.2. The predicted molar refractivity (Wildman–Crippen MR) is 112 cm³/mol. The maximum atomic E-state index is 12.1. The van der Waals surface area contributed by atoms with E-state index < -0.39 is 5.60 Å². The van der Waals surface area contributed by atoms with Crippen LogP contribution in [0.1, 0.15) is 43.2 Å². The Morgan fingerprint density at radius 1 is 1.07 bits per heavy atom. The number of aryl methyl sites for hydroxylation is 1. The molecule has 1 aliphatic heterocycles. The van der Waals surface area contributed by atoms with Gasteiger partial charge in [0, 0.05) is 26.2 Å². The van der Waals surface area contributed by atoms with Gasteiger partial charge >= 0.3 is 0 Å². The van der Waals surface area contributed by atoms with Gasteiger partial charge in [0.15, 0.2) is 0 Å². The van der Waals surface area contributed by atoms with E-state index in [0.717, 1.165) is 62.9 Å². The molecule has 0 radical (unpaired) electrons. The highest BCUT2D eigenvalue weighted by Crippen LogP contribution is 2.43. The minimum Gasteiger partial charge on any atom is -0.385 e. The molecule has 1 heterocycles. The highest BCUT2D eigenvalue weighted by Gasteiger charge is 2.40. The van der Waals surface area contributed by atoms with Crippen LogP contribution in [-0.4, -0.2) is 31.9 Å². The lowest BCUT2D eigenvalue weighted by molar-refractivity contribution is -0.0429. The van der Waals surface area contributed by atoms with Gasteiger partial charge in [0.2, 0.25) is 0 Å². The maximum Gasteiger partial charge on any atom is 0.0942 e. The summed E-state index contributed by atoms with van der Waals surface area (Å²) in [5.74, 6) is 0.235. The molecule has 1 fully saturated rings. The number of ether oxygens (including phenoxy) is 1. The first-order chi connectivity index (χ1) is 13.2. The van der Waals surface area contributed by atoms with Crippen LogP contribution in [-0.2, 0) is 10.3 Å². The van der Waals surface area contributed by atoms with E-state index >= 15 is 0 Å². The quantitative estimate of drug-likeness (QED) is 0.667. The van der Waals surface area contributed by atoms with E-state index in [1.54, 1.807) is 7.11 Å². The number of unbranched alkanes of at least 4 members (excludes halogenated alkanes) is 1. The number of benzene rings is 2. The molecule has 0 bridgehead atoms. The Kier molecular flexibility index (Phi) is 7.06. The topological polar surface area (TPSA) is 41.5 Å². The van der Waals surface area contributed by atoms with Crippen molar-refractivity contribution in [1.29, 1.82) is 0 Å². The third-order valence-electron chi connectivity index (χ3n) is 5.96. The summed E-state index contributed by atoms with van der Waals surface area (Å²) in [5, 5.41) is 15.6. The van der Waals surface area contributed by atoms with Crippen LogP contribution in [0.5, 0.6) is 0 Å². The third kappa shape index (κ3) is 4.60. The van der Waals surface area contributed by atoms with Crippen molar-refractivity contribution in [2.24, 2.45) is 5.92 Å². The van der Waals surface area contributed by atoms with E-state index in [2.05, 4.69) is 60.8 Å². The SMILES string of the molecule is COCCCC[C@@](O)(c1ccccc1-c1ccccc1C)C1CCCNC1. The Bertz CT molecular complexity index is 724. The molecule has 0 saturated carbocycles. The van der Waals surface area contributed by atoms with Gasteiger partial charge in [0.25, 0.3) is 0 Å². The third-order valence-corrected chi connectivity index (χ3v) is 5.96. The van der Waals surface area contributed by atoms with Crippen molar-refractivity contribution in [2.75, 3.05) is 26.8 Å². The lowest BCUT2D eigenvalue weighted by Crippen LogP contribution is -2.44. The van der Waals surface area contributed by atoms with E-state index in [1.807, 2.05) is 0 Å². The normalized spacial score (nSPS) is 19.6. The van der Waals surface area contributed by atoms with Crippen LogP contribution in [0.3, 0.4) is 0 Å². The van der Waals surface area contributed by atoms with E-state index in [4.69, 9.17) is 4.74 Å². The van der Waals surface area contributed by atoms with Gasteiger partial charge < -0.3 is 15.2 Å². The van der Waals surface area contributed by atoms with Gasteiger partial charge in [0.05, 0.1) is 5.60 Å². The fourth-order valence-electron chi connectivity index (χ4n) is 4.43. The molecule has 2 N–H and O–H groups in total. The van der Waals surface area contributed by atoms with Crippen LogP contribution in [0.25, 0.3) is 11.1 Å². The van der Waals surface area contributed by atoms with Crippen LogP contribution in [0.15, 0.2) is 48.5 Å². The zero-order valence-electron chi connectivity index (χ0n) is 16.7. The van der Waals surface area contributed by atoms with Gasteiger partial charge in [-0.25, -0.2) is 0 Å². The molecule has 1 saturated heterocycles. The largest absolute Gasteiger partial charge is 0.385 e. The van der Waals surface area contributed by atoms with Crippen LogP contribution >= 0.6 is 0 Å². The second-order valence-electron chi connectivity index (χ2n) is 7.78. The minimum absolute atomic E-state index is 0.235. The molecule has 0 aromatic heterocycles. The van der Waals surface area contributed by atoms with Crippen molar-refractivity contribution in [3.05, 3.63) is 59.7 Å². The lowest BCUT2D eigenvalue weighted by Gasteiger charge is -2.40. The fraction of sp³-hybridized carbons (Fsp3) is 0.500. The number of nitrogens with one attached hydrogen (secondary N) is 1. The first-order valence-corrected chi connectivity index (χ1v) is 10.2. The van der Waals surface area contributed by atoms with Crippen LogP contribution in [0.2, 0.25) is 0 Å². The molecule has 0 aliphatic carbocycles. The summed E-state index contributed by atoms with van der Waals surface area (Å²) in [6.07, 6.45) is 4.90. The monoisotopic (exact) mass is 367 g/mol. The summed E-state index contributed by atoms with van der Waals surface area (Å²) in [6, 6.07) is 16.9. The van der Waals surface area contributed by atoms with Crippen molar-refractivity contribution >= 4 is 0 Å². The van der Waals surface area contributed by atoms with Crippen LogP contribution in [0, 0.1) is 12.8 Å². The van der Waals surface area contributed by atoms with Crippen molar-refractivity contribution in [3.8, 4) is 11.1 Å². The predicted octanol–water partition coefficient (Wildman–Crippen LogP) is 4.67. The Labute approximate surface area is 163 Å². The summed E-state index contributed by atoms with van der Waals surface area (Å²) in [5.41, 5.74) is 3.88.